The van der Waals surface area contributed by atoms with Gasteiger partial charge in [-0.25, -0.2) is 0 Å². The SMILES string of the molecule is COC[Si](C)(C)O[Si](C)(C)O[Si](C)(C)C. The van der Waals surface area contributed by atoms with Gasteiger partial charge in [0.2, 0.25) is 8.32 Å². The van der Waals surface area contributed by atoms with Crippen LogP contribution in [-0.4, -0.2) is 38.5 Å². The van der Waals surface area contributed by atoms with Crippen molar-refractivity contribution in [1.29, 1.82) is 0 Å². The molecule has 3 nitrogen and oxygen atoms in total. The molecule has 15 heavy (non-hydrogen) atoms. The summed E-state index contributed by atoms with van der Waals surface area (Å²) in [5.41, 5.74) is 0. The molecule has 0 aromatic carbocycles. The number of hydrogen-bond donors (Lipinski definition) is 0. The van der Waals surface area contributed by atoms with Crippen molar-refractivity contribution in [2.75, 3.05) is 13.3 Å². The van der Waals surface area contributed by atoms with Crippen LogP contribution in [0.15, 0.2) is 0 Å². The van der Waals surface area contributed by atoms with E-state index in [2.05, 4.69) is 45.8 Å². The Morgan fingerprint density at radius 3 is 1.60 bits per heavy atom. The molecule has 0 aliphatic heterocycles. The molecule has 0 heterocycles. The van der Waals surface area contributed by atoms with E-state index in [1.807, 2.05) is 0 Å². The molecule has 0 aromatic heterocycles. The van der Waals surface area contributed by atoms with Gasteiger partial charge in [0.05, 0.1) is 6.23 Å². The van der Waals surface area contributed by atoms with Gasteiger partial charge in [-0.15, -0.1) is 0 Å². The minimum absolute atomic E-state index is 0.735. The lowest BCUT2D eigenvalue weighted by Crippen LogP contribution is -2.53. The average Bonchev–Trinajstić information content (AvgIpc) is 1.74. The second-order valence-corrected chi connectivity index (χ2v) is 18.4. The van der Waals surface area contributed by atoms with Gasteiger partial charge < -0.3 is 13.0 Å². The van der Waals surface area contributed by atoms with Crippen LogP contribution in [0.2, 0.25) is 45.8 Å². The molecule has 0 saturated carbocycles. The summed E-state index contributed by atoms with van der Waals surface area (Å²) in [5.74, 6) is 0. The van der Waals surface area contributed by atoms with E-state index in [-0.39, 0.29) is 0 Å². The highest BCUT2D eigenvalue weighted by atomic mass is 28.5. The fraction of sp³-hybridized carbons (Fsp3) is 1.00. The van der Waals surface area contributed by atoms with Gasteiger partial charge in [0.1, 0.15) is 0 Å². The second-order valence-electron chi connectivity index (χ2n) is 5.91. The van der Waals surface area contributed by atoms with E-state index in [4.69, 9.17) is 13.0 Å². The number of ether oxygens (including phenoxy) is 1. The topological polar surface area (TPSA) is 27.7 Å². The van der Waals surface area contributed by atoms with Gasteiger partial charge in [-0.05, 0) is 45.8 Å². The first kappa shape index (κ1) is 15.5. The minimum Gasteiger partial charge on any atom is -0.437 e. The van der Waals surface area contributed by atoms with Gasteiger partial charge in [0.15, 0.2) is 8.32 Å². The Morgan fingerprint density at radius 2 is 1.27 bits per heavy atom. The van der Waals surface area contributed by atoms with Gasteiger partial charge in [-0.3, -0.25) is 0 Å². The lowest BCUT2D eigenvalue weighted by Gasteiger charge is -2.37. The summed E-state index contributed by atoms with van der Waals surface area (Å²) in [6.07, 6.45) is 0.735. The quantitative estimate of drug-likeness (QED) is 0.692. The second kappa shape index (κ2) is 5.24. The molecule has 0 N–H and O–H groups in total. The van der Waals surface area contributed by atoms with Crippen LogP contribution in [0.25, 0.3) is 0 Å². The zero-order valence-corrected chi connectivity index (χ0v) is 14.4. The Bertz CT molecular complexity index is 199. The van der Waals surface area contributed by atoms with Crippen molar-refractivity contribution in [3.8, 4) is 0 Å². The molecule has 0 rings (SSSR count). The predicted molar refractivity (Wildman–Crippen MR) is 72.4 cm³/mol. The zero-order chi connectivity index (χ0) is 12.3. The normalized spacial score (nSPS) is 14.4. The van der Waals surface area contributed by atoms with E-state index in [0.29, 0.717) is 0 Å². The number of hydrogen-bond acceptors (Lipinski definition) is 3. The van der Waals surface area contributed by atoms with Crippen molar-refractivity contribution in [3.05, 3.63) is 0 Å². The Hall–Kier alpha value is 0.531. The maximum atomic E-state index is 6.21. The summed E-state index contributed by atoms with van der Waals surface area (Å²) in [7, 11) is -3.44. The fourth-order valence-electron chi connectivity index (χ4n) is 1.80. The summed E-state index contributed by atoms with van der Waals surface area (Å²) >= 11 is 0. The van der Waals surface area contributed by atoms with Crippen molar-refractivity contribution < 1.29 is 13.0 Å². The maximum Gasteiger partial charge on any atom is 0.311 e. The van der Waals surface area contributed by atoms with Gasteiger partial charge in [0, 0.05) is 7.11 Å². The third-order valence-corrected chi connectivity index (χ3v) is 11.1. The average molecular weight is 267 g/mol. The monoisotopic (exact) mass is 266 g/mol. The molecule has 0 aromatic rings. The van der Waals surface area contributed by atoms with Gasteiger partial charge in [-0.1, -0.05) is 0 Å². The lowest BCUT2D eigenvalue weighted by atomic mass is 11.5. The molecule has 6 heteroatoms. The summed E-state index contributed by atoms with van der Waals surface area (Å²) in [5, 5.41) is 0. The van der Waals surface area contributed by atoms with E-state index >= 15 is 0 Å². The molecule has 0 spiro atoms. The molecule has 0 unspecified atom stereocenters. The molecule has 0 saturated heterocycles. The fourth-order valence-corrected chi connectivity index (χ4v) is 14.5. The molecular weight excluding hydrogens is 240 g/mol. The number of rotatable bonds is 6. The first-order valence-electron chi connectivity index (χ1n) is 5.37. The van der Waals surface area contributed by atoms with E-state index in [1.54, 1.807) is 7.11 Å². The molecule has 0 bridgehead atoms. The Balaban J connectivity index is 4.36. The largest absolute Gasteiger partial charge is 0.437 e. The summed E-state index contributed by atoms with van der Waals surface area (Å²) in [6, 6.07) is 0. The number of methoxy groups -OCH3 is 1. The van der Waals surface area contributed by atoms with Crippen molar-refractivity contribution in [1.82, 2.24) is 0 Å². The van der Waals surface area contributed by atoms with E-state index in [0.717, 1.165) is 6.23 Å². The Morgan fingerprint density at radius 1 is 0.800 bits per heavy atom. The van der Waals surface area contributed by atoms with Crippen LogP contribution in [-0.2, 0) is 13.0 Å². The third kappa shape index (κ3) is 8.35. The molecule has 0 fully saturated rings. The highest BCUT2D eigenvalue weighted by molar-refractivity contribution is 6.87. The van der Waals surface area contributed by atoms with Crippen molar-refractivity contribution in [2.45, 2.75) is 45.8 Å². The molecule has 92 valence electrons. The van der Waals surface area contributed by atoms with E-state index in [9.17, 15) is 0 Å². The van der Waals surface area contributed by atoms with Crippen LogP contribution in [0.3, 0.4) is 0 Å². The minimum atomic E-state index is -1.97. The first-order chi connectivity index (χ1) is 6.47. The Labute approximate surface area is 97.6 Å². The standard InChI is InChI=1S/C9H26O3Si3/c1-10-9-14(5,6)12-15(7,8)11-13(2,3)4/h9H2,1-8H3. The van der Waals surface area contributed by atoms with Crippen molar-refractivity contribution in [3.63, 3.8) is 0 Å². The third-order valence-electron chi connectivity index (χ3n) is 1.57. The molecule has 0 atom stereocenters. The highest BCUT2D eigenvalue weighted by Gasteiger charge is 2.37. The zero-order valence-electron chi connectivity index (χ0n) is 11.4. The van der Waals surface area contributed by atoms with Gasteiger partial charge in [-0.2, -0.15) is 0 Å². The van der Waals surface area contributed by atoms with E-state index in [1.165, 1.54) is 0 Å². The van der Waals surface area contributed by atoms with Crippen LogP contribution in [0.5, 0.6) is 0 Å². The van der Waals surface area contributed by atoms with Crippen LogP contribution in [0.1, 0.15) is 0 Å². The lowest BCUT2D eigenvalue weighted by molar-refractivity contribution is 0.229. The molecule has 0 amide bonds. The van der Waals surface area contributed by atoms with Crippen LogP contribution in [0.4, 0.5) is 0 Å². The predicted octanol–water partition coefficient (Wildman–Crippen LogP) is 2.95. The van der Waals surface area contributed by atoms with Crippen LogP contribution < -0.4 is 0 Å². The van der Waals surface area contributed by atoms with Crippen LogP contribution in [0, 0.1) is 0 Å². The summed E-state index contributed by atoms with van der Waals surface area (Å²) < 4.78 is 17.5. The smallest absolute Gasteiger partial charge is 0.311 e. The molecule has 0 radical (unpaired) electrons. The van der Waals surface area contributed by atoms with Gasteiger partial charge >= 0.3 is 8.56 Å². The van der Waals surface area contributed by atoms with E-state index < -0.39 is 25.2 Å². The summed E-state index contributed by atoms with van der Waals surface area (Å²) in [4.78, 5) is 0. The molecular formula is C9H26O3Si3. The van der Waals surface area contributed by atoms with Crippen molar-refractivity contribution >= 4 is 25.2 Å². The first-order valence-corrected chi connectivity index (χ1v) is 14.7. The van der Waals surface area contributed by atoms with Crippen LogP contribution >= 0.6 is 0 Å². The van der Waals surface area contributed by atoms with Crippen molar-refractivity contribution in [2.24, 2.45) is 0 Å². The summed E-state index contributed by atoms with van der Waals surface area (Å²) in [6.45, 7) is 15.2. The van der Waals surface area contributed by atoms with Gasteiger partial charge in [0.25, 0.3) is 0 Å². The Kier molecular flexibility index (Phi) is 5.43. The highest BCUT2D eigenvalue weighted by Crippen LogP contribution is 2.20. The maximum absolute atomic E-state index is 6.21. The molecule has 0 aliphatic rings. The molecule has 0 aliphatic carbocycles.